The number of alkyl halides is 1. The van der Waals surface area contributed by atoms with E-state index in [4.69, 9.17) is 16.6 Å². The highest BCUT2D eigenvalue weighted by molar-refractivity contribution is 6.18. The molecule has 2 rings (SSSR count). The molecule has 1 aromatic heterocycles. The molecule has 0 amide bonds. The summed E-state index contributed by atoms with van der Waals surface area (Å²) in [6.45, 7) is 8.98. The van der Waals surface area contributed by atoms with Crippen molar-refractivity contribution in [1.29, 1.82) is 0 Å². The third kappa shape index (κ3) is 2.90. The first-order valence-electron chi connectivity index (χ1n) is 7.02. The van der Waals surface area contributed by atoms with E-state index in [0.717, 1.165) is 22.3 Å². The van der Waals surface area contributed by atoms with Gasteiger partial charge in [-0.05, 0) is 30.0 Å². The van der Waals surface area contributed by atoms with Crippen LogP contribution in [0.2, 0.25) is 0 Å². The molecule has 108 valence electrons. The largest absolute Gasteiger partial charge is 0.356 e. The molecule has 1 heterocycles. The van der Waals surface area contributed by atoms with Crippen molar-refractivity contribution in [3.63, 3.8) is 0 Å². The van der Waals surface area contributed by atoms with Gasteiger partial charge in [-0.3, -0.25) is 0 Å². The topological polar surface area (TPSA) is 16.1 Å². The Morgan fingerprint density at radius 2 is 1.90 bits per heavy atom. The highest BCUT2D eigenvalue weighted by Gasteiger charge is 2.25. The summed E-state index contributed by atoms with van der Waals surface area (Å²) in [5, 5.41) is 1.14. The van der Waals surface area contributed by atoms with Crippen LogP contribution in [0.15, 0.2) is 30.3 Å². The minimum Gasteiger partial charge on any atom is -0.356 e. The van der Waals surface area contributed by atoms with Crippen molar-refractivity contribution < 1.29 is 0 Å². The lowest BCUT2D eigenvalue weighted by molar-refractivity contribution is 0.328. The Labute approximate surface area is 126 Å². The number of hydrogen-bond donors (Lipinski definition) is 0. The van der Waals surface area contributed by atoms with Crippen molar-refractivity contribution in [2.45, 2.75) is 39.6 Å². The Bertz CT molecular complexity index is 601. The van der Waals surface area contributed by atoms with Crippen LogP contribution in [0.3, 0.4) is 0 Å². The molecular weight excluding hydrogens is 268 g/mol. The highest BCUT2D eigenvalue weighted by atomic mass is 35.5. The summed E-state index contributed by atoms with van der Waals surface area (Å²) in [5.74, 6) is 1.50. The summed E-state index contributed by atoms with van der Waals surface area (Å²) in [4.78, 5) is 7.02. The zero-order chi connectivity index (χ0) is 14.9. The van der Waals surface area contributed by atoms with Crippen molar-refractivity contribution in [2.75, 3.05) is 11.9 Å². The Morgan fingerprint density at radius 1 is 1.25 bits per heavy atom. The van der Waals surface area contributed by atoms with Crippen LogP contribution < -0.4 is 4.90 Å². The maximum Gasteiger partial charge on any atom is 0.129 e. The van der Waals surface area contributed by atoms with E-state index in [0.29, 0.717) is 11.9 Å². The molecule has 0 fully saturated rings. The van der Waals surface area contributed by atoms with Gasteiger partial charge in [-0.2, -0.15) is 0 Å². The summed E-state index contributed by atoms with van der Waals surface area (Å²) >= 11 is 6.11. The van der Waals surface area contributed by atoms with Gasteiger partial charge in [0, 0.05) is 24.4 Å². The molecule has 0 aliphatic heterocycles. The van der Waals surface area contributed by atoms with Gasteiger partial charge in [-0.25, -0.2) is 4.98 Å². The first-order valence-corrected chi connectivity index (χ1v) is 7.55. The molecule has 0 spiro atoms. The lowest BCUT2D eigenvalue weighted by atomic mass is 9.87. The Kier molecular flexibility index (Phi) is 4.24. The molecule has 1 aromatic carbocycles. The SMILES string of the molecule is CC(N(C)c1cc(CCl)c2ccccc2n1)C(C)(C)C. The van der Waals surface area contributed by atoms with Gasteiger partial charge < -0.3 is 4.90 Å². The molecule has 1 atom stereocenters. The number of benzene rings is 1. The summed E-state index contributed by atoms with van der Waals surface area (Å²) in [6.07, 6.45) is 0. The summed E-state index contributed by atoms with van der Waals surface area (Å²) in [5.41, 5.74) is 2.34. The molecule has 0 bridgehead atoms. The number of anilines is 1. The van der Waals surface area contributed by atoms with Crippen LogP contribution in [0.5, 0.6) is 0 Å². The van der Waals surface area contributed by atoms with E-state index < -0.39 is 0 Å². The van der Waals surface area contributed by atoms with Gasteiger partial charge >= 0.3 is 0 Å². The molecule has 0 aliphatic rings. The quantitative estimate of drug-likeness (QED) is 0.752. The molecule has 0 saturated carbocycles. The Morgan fingerprint density at radius 3 is 2.50 bits per heavy atom. The molecule has 0 N–H and O–H groups in total. The maximum absolute atomic E-state index is 6.11. The van der Waals surface area contributed by atoms with Crippen LogP contribution in [-0.2, 0) is 5.88 Å². The number of aromatic nitrogens is 1. The number of hydrogen-bond acceptors (Lipinski definition) is 2. The van der Waals surface area contributed by atoms with Crippen LogP contribution >= 0.6 is 11.6 Å². The second kappa shape index (κ2) is 5.61. The number of rotatable bonds is 3. The molecule has 3 heteroatoms. The zero-order valence-corrected chi connectivity index (χ0v) is 13.7. The van der Waals surface area contributed by atoms with Gasteiger partial charge in [0.15, 0.2) is 0 Å². The summed E-state index contributed by atoms with van der Waals surface area (Å²) < 4.78 is 0. The van der Waals surface area contributed by atoms with Gasteiger partial charge in [0.05, 0.1) is 5.52 Å². The molecule has 0 radical (unpaired) electrons. The second-order valence-corrected chi connectivity index (χ2v) is 6.71. The van der Waals surface area contributed by atoms with E-state index >= 15 is 0 Å². The third-order valence-electron chi connectivity index (χ3n) is 4.13. The van der Waals surface area contributed by atoms with Crippen molar-refractivity contribution in [2.24, 2.45) is 5.41 Å². The number of fused-ring (bicyclic) bond motifs is 1. The fourth-order valence-electron chi connectivity index (χ4n) is 2.30. The Hall–Kier alpha value is -1.28. The van der Waals surface area contributed by atoms with E-state index in [1.165, 1.54) is 0 Å². The third-order valence-corrected chi connectivity index (χ3v) is 4.42. The van der Waals surface area contributed by atoms with E-state index in [2.05, 4.69) is 51.8 Å². The second-order valence-electron chi connectivity index (χ2n) is 6.44. The standard InChI is InChI=1S/C17H23ClN2/c1-12(17(2,3)4)20(5)16-10-13(11-18)14-8-6-7-9-15(14)19-16/h6-10,12H,11H2,1-5H3. The number of nitrogens with zero attached hydrogens (tertiary/aromatic N) is 2. The van der Waals surface area contributed by atoms with E-state index in [1.54, 1.807) is 0 Å². The fourth-order valence-corrected chi connectivity index (χ4v) is 2.52. The predicted octanol–water partition coefficient (Wildman–Crippen LogP) is 4.84. The lowest BCUT2D eigenvalue weighted by Gasteiger charge is -2.36. The number of halogens is 1. The van der Waals surface area contributed by atoms with Gasteiger partial charge in [0.1, 0.15) is 5.82 Å². The number of para-hydroxylation sites is 1. The summed E-state index contributed by atoms with van der Waals surface area (Å²) in [6, 6.07) is 10.7. The predicted molar refractivity (Wildman–Crippen MR) is 88.6 cm³/mol. The lowest BCUT2D eigenvalue weighted by Crippen LogP contribution is -2.39. The Balaban J connectivity index is 2.50. The minimum absolute atomic E-state index is 0.198. The van der Waals surface area contributed by atoms with E-state index in [1.807, 2.05) is 18.2 Å². The molecule has 2 aromatic rings. The fraction of sp³-hybridized carbons (Fsp3) is 0.471. The van der Waals surface area contributed by atoms with Crippen LogP contribution in [-0.4, -0.2) is 18.1 Å². The average molecular weight is 291 g/mol. The maximum atomic E-state index is 6.11. The molecule has 20 heavy (non-hydrogen) atoms. The van der Waals surface area contributed by atoms with E-state index in [9.17, 15) is 0 Å². The van der Waals surface area contributed by atoms with Gasteiger partial charge in [-0.1, -0.05) is 39.0 Å². The monoisotopic (exact) mass is 290 g/mol. The first kappa shape index (κ1) is 15.1. The molecular formula is C17H23ClN2. The van der Waals surface area contributed by atoms with Gasteiger partial charge in [-0.15, -0.1) is 11.6 Å². The first-order chi connectivity index (χ1) is 9.34. The molecule has 2 nitrogen and oxygen atoms in total. The van der Waals surface area contributed by atoms with Crippen molar-refractivity contribution in [3.8, 4) is 0 Å². The number of pyridine rings is 1. The average Bonchev–Trinajstić information content (AvgIpc) is 2.43. The van der Waals surface area contributed by atoms with Crippen LogP contribution in [0.1, 0.15) is 33.3 Å². The normalized spacial score (nSPS) is 13.5. The van der Waals surface area contributed by atoms with Crippen molar-refractivity contribution in [3.05, 3.63) is 35.9 Å². The van der Waals surface area contributed by atoms with Gasteiger partial charge in [0.2, 0.25) is 0 Å². The van der Waals surface area contributed by atoms with Crippen LogP contribution in [0, 0.1) is 5.41 Å². The minimum atomic E-state index is 0.198. The van der Waals surface area contributed by atoms with Crippen molar-refractivity contribution in [1.82, 2.24) is 4.98 Å². The van der Waals surface area contributed by atoms with Gasteiger partial charge in [0.25, 0.3) is 0 Å². The molecule has 0 aliphatic carbocycles. The van der Waals surface area contributed by atoms with E-state index in [-0.39, 0.29) is 5.41 Å². The highest BCUT2D eigenvalue weighted by Crippen LogP contribution is 2.29. The smallest absolute Gasteiger partial charge is 0.129 e. The zero-order valence-electron chi connectivity index (χ0n) is 12.9. The molecule has 0 saturated heterocycles. The summed E-state index contributed by atoms with van der Waals surface area (Å²) in [7, 11) is 2.10. The molecule has 1 unspecified atom stereocenters. The van der Waals surface area contributed by atoms with Crippen LogP contribution in [0.4, 0.5) is 5.82 Å². The van der Waals surface area contributed by atoms with Crippen LogP contribution in [0.25, 0.3) is 10.9 Å². The van der Waals surface area contributed by atoms with Crippen molar-refractivity contribution >= 4 is 28.3 Å².